The van der Waals surface area contributed by atoms with Crippen molar-refractivity contribution in [3.8, 4) is 0 Å². The van der Waals surface area contributed by atoms with Gasteiger partial charge in [0.05, 0.1) is 19.8 Å². The van der Waals surface area contributed by atoms with Crippen LogP contribution in [0, 0.1) is 0 Å². The van der Waals surface area contributed by atoms with Crippen LogP contribution in [0.1, 0.15) is 48.6 Å². The number of para-hydroxylation sites is 1. The van der Waals surface area contributed by atoms with Crippen molar-refractivity contribution in [2.45, 2.75) is 40.0 Å². The van der Waals surface area contributed by atoms with E-state index in [4.69, 9.17) is 14.2 Å². The van der Waals surface area contributed by atoms with Crippen molar-refractivity contribution in [2.24, 2.45) is 0 Å². The highest BCUT2D eigenvalue weighted by atomic mass is 16.5. The molecule has 0 amide bonds. The van der Waals surface area contributed by atoms with Crippen molar-refractivity contribution in [2.75, 3.05) is 29.6 Å². The molecule has 0 unspecified atom stereocenters. The smallest absolute Gasteiger partial charge is 0.333 e. The first-order valence-electron chi connectivity index (χ1n) is 21.2. The Kier molecular flexibility index (Phi) is 16.0. The van der Waals surface area contributed by atoms with E-state index >= 15 is 0 Å². The molecule has 6 aromatic carbocycles. The average Bonchev–Trinajstić information content (AvgIpc) is 3.31. The van der Waals surface area contributed by atoms with Crippen molar-refractivity contribution in [1.82, 2.24) is 0 Å². The van der Waals surface area contributed by atoms with Gasteiger partial charge in [-0.05, 0) is 121 Å². The third-order valence-electron chi connectivity index (χ3n) is 10.3. The molecule has 0 aliphatic carbocycles. The van der Waals surface area contributed by atoms with Crippen LogP contribution in [0.25, 0.3) is 12.2 Å². The summed E-state index contributed by atoms with van der Waals surface area (Å²) in [6, 6.07) is 51.9. The summed E-state index contributed by atoms with van der Waals surface area (Å²) in [5, 5.41) is 0. The van der Waals surface area contributed by atoms with Gasteiger partial charge in [0.1, 0.15) is 0 Å². The van der Waals surface area contributed by atoms with E-state index in [-0.39, 0.29) is 31.1 Å². The number of rotatable bonds is 20. The maximum atomic E-state index is 11.9. The van der Waals surface area contributed by atoms with Crippen LogP contribution >= 0.6 is 0 Å². The molecule has 0 atom stereocenters. The first kappa shape index (κ1) is 45.8. The number of benzene rings is 6. The van der Waals surface area contributed by atoms with Crippen LogP contribution < -0.4 is 9.80 Å². The molecule has 324 valence electrons. The molecule has 64 heavy (non-hydrogen) atoms. The van der Waals surface area contributed by atoms with Gasteiger partial charge >= 0.3 is 17.9 Å². The number of carbonyl (C=O) groups excluding carboxylic acids is 3. The van der Waals surface area contributed by atoms with Crippen molar-refractivity contribution >= 4 is 64.2 Å². The van der Waals surface area contributed by atoms with Gasteiger partial charge in [0.2, 0.25) is 0 Å². The Hall–Kier alpha value is -7.71. The highest BCUT2D eigenvalue weighted by Crippen LogP contribution is 2.37. The molecule has 0 aliphatic rings. The van der Waals surface area contributed by atoms with Crippen LogP contribution in [-0.4, -0.2) is 37.7 Å². The maximum Gasteiger partial charge on any atom is 0.333 e. The SMILES string of the molecule is C=C(C)C(=O)OCCc1ccc(N(c2ccccc2)c2ccc(C=Cc3ccc(N(c4ccc(CCOC(=O)C(=C)C)cc4)c4ccc(CCOC(=O)C(=C)C)cc4)cc3)cc2)cc1. The van der Waals surface area contributed by atoms with E-state index < -0.39 is 0 Å². The Morgan fingerprint density at radius 2 is 0.641 bits per heavy atom. The molecular weight excluding hydrogens is 797 g/mol. The zero-order valence-electron chi connectivity index (χ0n) is 36.8. The summed E-state index contributed by atoms with van der Waals surface area (Å²) in [6.07, 6.45) is 6.01. The number of ether oxygens (including phenoxy) is 3. The molecule has 0 heterocycles. The molecule has 0 radical (unpaired) electrons. The molecule has 0 spiro atoms. The summed E-state index contributed by atoms with van der Waals surface area (Å²) in [6.45, 7) is 16.7. The van der Waals surface area contributed by atoms with E-state index in [1.165, 1.54) is 0 Å². The second kappa shape index (κ2) is 22.4. The van der Waals surface area contributed by atoms with Gasteiger partial charge in [0.25, 0.3) is 0 Å². The molecule has 6 aromatic rings. The third kappa shape index (κ3) is 12.9. The van der Waals surface area contributed by atoms with E-state index in [2.05, 4.69) is 151 Å². The second-order valence-electron chi connectivity index (χ2n) is 15.5. The van der Waals surface area contributed by atoms with Crippen LogP contribution in [0.3, 0.4) is 0 Å². The number of hydrogen-bond acceptors (Lipinski definition) is 8. The molecule has 0 fully saturated rings. The molecular formula is C56H54N2O6. The quantitative estimate of drug-likeness (QED) is 0.0325. The zero-order chi connectivity index (χ0) is 45.4. The lowest BCUT2D eigenvalue weighted by molar-refractivity contribution is -0.139. The predicted octanol–water partition coefficient (Wildman–Crippen LogP) is 12.8. The third-order valence-corrected chi connectivity index (χ3v) is 10.3. The predicted molar refractivity (Wildman–Crippen MR) is 260 cm³/mol. The van der Waals surface area contributed by atoms with Crippen LogP contribution in [0.2, 0.25) is 0 Å². The second-order valence-corrected chi connectivity index (χ2v) is 15.5. The Morgan fingerprint density at radius 1 is 0.391 bits per heavy atom. The van der Waals surface area contributed by atoms with Gasteiger partial charge in [0.15, 0.2) is 0 Å². The monoisotopic (exact) mass is 850 g/mol. The summed E-state index contributed by atoms with van der Waals surface area (Å²) in [5.74, 6) is -1.15. The van der Waals surface area contributed by atoms with Crippen molar-refractivity contribution < 1.29 is 28.6 Å². The molecule has 8 nitrogen and oxygen atoms in total. The summed E-state index contributed by atoms with van der Waals surface area (Å²) < 4.78 is 15.9. The van der Waals surface area contributed by atoms with Crippen molar-refractivity contribution in [1.29, 1.82) is 0 Å². The summed E-state index contributed by atoms with van der Waals surface area (Å²) >= 11 is 0. The Morgan fingerprint density at radius 3 is 0.906 bits per heavy atom. The van der Waals surface area contributed by atoms with E-state index in [0.717, 1.165) is 61.9 Å². The minimum atomic E-state index is -0.389. The lowest BCUT2D eigenvalue weighted by Crippen LogP contribution is -2.11. The molecule has 0 aliphatic heterocycles. The summed E-state index contributed by atoms with van der Waals surface area (Å²) in [5.41, 5.74) is 12.4. The molecule has 0 bridgehead atoms. The number of nitrogens with zero attached hydrogens (tertiary/aromatic N) is 2. The van der Waals surface area contributed by atoms with Crippen LogP contribution in [0.4, 0.5) is 34.1 Å². The van der Waals surface area contributed by atoms with E-state index in [0.29, 0.717) is 42.6 Å². The van der Waals surface area contributed by atoms with Gasteiger partial charge in [-0.2, -0.15) is 0 Å². The Labute approximate surface area is 377 Å². The van der Waals surface area contributed by atoms with Crippen molar-refractivity contribution in [3.05, 3.63) is 216 Å². The minimum Gasteiger partial charge on any atom is -0.462 e. The lowest BCUT2D eigenvalue weighted by atomic mass is 10.1. The first-order chi connectivity index (χ1) is 30.9. The molecule has 0 aromatic heterocycles. The average molecular weight is 851 g/mol. The maximum absolute atomic E-state index is 11.9. The fourth-order valence-corrected chi connectivity index (χ4v) is 6.72. The highest BCUT2D eigenvalue weighted by molar-refractivity contribution is 5.88. The molecule has 6 rings (SSSR count). The van der Waals surface area contributed by atoms with E-state index in [9.17, 15) is 14.4 Å². The van der Waals surface area contributed by atoms with Crippen LogP contribution in [0.15, 0.2) is 188 Å². The van der Waals surface area contributed by atoms with Gasteiger partial charge in [-0.3, -0.25) is 0 Å². The minimum absolute atomic E-state index is 0.275. The summed E-state index contributed by atoms with van der Waals surface area (Å²) in [4.78, 5) is 40.0. The van der Waals surface area contributed by atoms with Gasteiger partial charge in [-0.25, -0.2) is 14.4 Å². The van der Waals surface area contributed by atoms with Crippen molar-refractivity contribution in [3.63, 3.8) is 0 Å². The Bertz CT molecular complexity index is 2500. The van der Waals surface area contributed by atoms with E-state index in [1.807, 2.05) is 42.5 Å². The standard InChI is InChI=1S/C56H54N2O6/c1-40(2)54(59)62-37-34-45-18-28-50(29-19-45)57(48-10-8-7-9-11-48)49-24-14-43(15-25-49)12-13-44-16-26-51(27-17-44)58(52-30-20-46(21-31-52)35-38-63-55(60)41(3)4)53-32-22-47(23-33-53)36-39-64-56(61)42(5)6/h7-33H,1,3,5,34-39H2,2,4,6H3. The van der Waals surface area contributed by atoms with Crippen LogP contribution in [-0.2, 0) is 47.9 Å². The highest BCUT2D eigenvalue weighted by Gasteiger charge is 2.15. The van der Waals surface area contributed by atoms with E-state index in [1.54, 1.807) is 20.8 Å². The first-order valence-corrected chi connectivity index (χ1v) is 21.2. The Balaban J connectivity index is 1.17. The summed E-state index contributed by atoms with van der Waals surface area (Å²) in [7, 11) is 0. The largest absolute Gasteiger partial charge is 0.462 e. The number of hydrogen-bond donors (Lipinski definition) is 0. The fraction of sp³-hybridized carbons (Fsp3) is 0.161. The number of esters is 3. The molecule has 0 saturated heterocycles. The van der Waals surface area contributed by atoms with Gasteiger partial charge in [-0.15, -0.1) is 0 Å². The molecule has 0 saturated carbocycles. The topological polar surface area (TPSA) is 85.4 Å². The normalized spacial score (nSPS) is 10.8. The fourth-order valence-electron chi connectivity index (χ4n) is 6.72. The molecule has 0 N–H and O–H groups in total. The number of carbonyl (C=O) groups is 3. The van der Waals surface area contributed by atoms with Gasteiger partial charge in [0, 0.05) is 70.1 Å². The lowest BCUT2D eigenvalue weighted by Gasteiger charge is -2.26. The zero-order valence-corrected chi connectivity index (χ0v) is 36.8. The van der Waals surface area contributed by atoms with Gasteiger partial charge in [-0.1, -0.05) is 111 Å². The molecule has 8 heteroatoms. The van der Waals surface area contributed by atoms with Crippen LogP contribution in [0.5, 0.6) is 0 Å². The van der Waals surface area contributed by atoms with Gasteiger partial charge < -0.3 is 24.0 Å². The number of anilines is 6.